The van der Waals surface area contributed by atoms with Crippen LogP contribution in [0.3, 0.4) is 0 Å². The van der Waals surface area contributed by atoms with Crippen LogP contribution in [0.25, 0.3) is 0 Å². The number of hydrogen-bond donors (Lipinski definition) is 3. The molecule has 0 atom stereocenters. The van der Waals surface area contributed by atoms with Crippen molar-refractivity contribution in [1.29, 1.82) is 5.41 Å². The molecular formula is C9H11FN4O2. The maximum Gasteiger partial charge on any atom is 0.251 e. The zero-order valence-corrected chi connectivity index (χ0v) is 8.58. The molecule has 86 valence electrons. The minimum absolute atomic E-state index is 0.0210. The van der Waals surface area contributed by atoms with Gasteiger partial charge in [-0.15, -0.1) is 0 Å². The summed E-state index contributed by atoms with van der Waals surface area (Å²) < 4.78 is 13.2. The quantitative estimate of drug-likeness (QED) is 0.309. The van der Waals surface area contributed by atoms with Crippen LogP contribution in [0.2, 0.25) is 0 Å². The van der Waals surface area contributed by atoms with E-state index in [-0.39, 0.29) is 6.54 Å². The van der Waals surface area contributed by atoms with Gasteiger partial charge in [0, 0.05) is 12.1 Å². The van der Waals surface area contributed by atoms with Crippen LogP contribution in [0.15, 0.2) is 18.2 Å². The van der Waals surface area contributed by atoms with Gasteiger partial charge in [-0.1, -0.05) is 23.1 Å². The highest BCUT2D eigenvalue weighted by atomic mass is 19.1. The molecule has 0 unspecified atom stereocenters. The van der Waals surface area contributed by atoms with E-state index in [1.54, 1.807) is 17.6 Å². The summed E-state index contributed by atoms with van der Waals surface area (Å²) in [7, 11) is 0. The van der Waals surface area contributed by atoms with Gasteiger partial charge in [-0.05, 0) is 13.0 Å². The van der Waals surface area contributed by atoms with Crippen molar-refractivity contribution in [3.63, 3.8) is 0 Å². The Morgan fingerprint density at radius 2 is 2.31 bits per heavy atom. The van der Waals surface area contributed by atoms with Crippen molar-refractivity contribution in [2.45, 2.75) is 13.5 Å². The highest BCUT2D eigenvalue weighted by molar-refractivity contribution is 5.75. The number of hydrogen-bond acceptors (Lipinski definition) is 3. The van der Waals surface area contributed by atoms with Gasteiger partial charge in [-0.2, -0.15) is 0 Å². The molecule has 0 spiro atoms. The van der Waals surface area contributed by atoms with E-state index in [0.717, 1.165) is 5.56 Å². The predicted octanol–water partition coefficient (Wildman–Crippen LogP) is 0.940. The van der Waals surface area contributed by atoms with Crippen molar-refractivity contribution in [3.8, 4) is 0 Å². The summed E-state index contributed by atoms with van der Waals surface area (Å²) in [5, 5.41) is 18.6. The monoisotopic (exact) mass is 226 g/mol. The smallest absolute Gasteiger partial charge is 0.251 e. The second kappa shape index (κ2) is 5.06. The molecule has 0 amide bonds. The Kier molecular flexibility index (Phi) is 3.76. The molecule has 0 aliphatic heterocycles. The van der Waals surface area contributed by atoms with Gasteiger partial charge in [0.05, 0.1) is 0 Å². The van der Waals surface area contributed by atoms with Crippen molar-refractivity contribution in [2.24, 2.45) is 0 Å². The number of nitro groups is 1. The predicted molar refractivity (Wildman–Crippen MR) is 55.8 cm³/mol. The van der Waals surface area contributed by atoms with Crippen molar-refractivity contribution in [1.82, 2.24) is 10.7 Å². The van der Waals surface area contributed by atoms with Gasteiger partial charge in [0.2, 0.25) is 0 Å². The lowest BCUT2D eigenvalue weighted by Crippen LogP contribution is -2.39. The molecule has 7 heteroatoms. The number of rotatable bonds is 3. The number of aryl methyl sites for hydroxylation is 1. The van der Waals surface area contributed by atoms with E-state index in [9.17, 15) is 14.5 Å². The van der Waals surface area contributed by atoms with Gasteiger partial charge in [0.1, 0.15) is 5.82 Å². The van der Waals surface area contributed by atoms with Gasteiger partial charge in [0.15, 0.2) is 5.03 Å². The number of guanidine groups is 1. The fourth-order valence-corrected chi connectivity index (χ4v) is 1.15. The summed E-state index contributed by atoms with van der Waals surface area (Å²) in [6.07, 6.45) is 0. The number of benzene rings is 1. The largest absolute Gasteiger partial charge is 0.348 e. The lowest BCUT2D eigenvalue weighted by atomic mass is 10.1. The Bertz CT molecular complexity index is 422. The van der Waals surface area contributed by atoms with Crippen molar-refractivity contribution < 1.29 is 9.42 Å². The van der Waals surface area contributed by atoms with Crippen LogP contribution >= 0.6 is 0 Å². The molecule has 0 aliphatic carbocycles. The van der Waals surface area contributed by atoms with Crippen LogP contribution in [0, 0.1) is 28.3 Å². The standard InChI is InChI=1S/C9H11FN4O2/c1-6-2-3-8(10)7(4-6)5-12-9(11)13-14(15)16/h2-4H,5H2,1H3,(H3,11,12,13). The minimum Gasteiger partial charge on any atom is -0.348 e. The van der Waals surface area contributed by atoms with E-state index in [4.69, 9.17) is 5.41 Å². The first-order valence-corrected chi connectivity index (χ1v) is 4.47. The highest BCUT2D eigenvalue weighted by Crippen LogP contribution is 2.09. The van der Waals surface area contributed by atoms with Crippen LogP contribution in [0.4, 0.5) is 4.39 Å². The van der Waals surface area contributed by atoms with Crippen LogP contribution < -0.4 is 10.7 Å². The number of nitrogens with zero attached hydrogens (tertiary/aromatic N) is 1. The van der Waals surface area contributed by atoms with Gasteiger partial charge >= 0.3 is 0 Å². The first kappa shape index (κ1) is 11.9. The molecule has 0 fully saturated rings. The van der Waals surface area contributed by atoms with Crippen molar-refractivity contribution >= 4 is 5.96 Å². The maximum atomic E-state index is 13.2. The Labute approximate surface area is 91.1 Å². The molecule has 16 heavy (non-hydrogen) atoms. The molecule has 0 heterocycles. The zero-order valence-electron chi connectivity index (χ0n) is 8.58. The SMILES string of the molecule is Cc1ccc(F)c(CNC(=N)N[N+](=O)[O-])c1. The van der Waals surface area contributed by atoms with Gasteiger partial charge in [-0.3, -0.25) is 5.41 Å². The summed E-state index contributed by atoms with van der Waals surface area (Å²) in [5.74, 6) is -0.891. The normalized spacial score (nSPS) is 9.62. The molecule has 6 nitrogen and oxygen atoms in total. The lowest BCUT2D eigenvalue weighted by Gasteiger charge is -2.06. The van der Waals surface area contributed by atoms with Gasteiger partial charge in [0.25, 0.3) is 5.96 Å². The molecule has 3 N–H and O–H groups in total. The van der Waals surface area contributed by atoms with Crippen LogP contribution in [0.1, 0.15) is 11.1 Å². The Hall–Kier alpha value is -2.18. The third-order valence-electron chi connectivity index (χ3n) is 1.86. The summed E-state index contributed by atoms with van der Waals surface area (Å²) in [4.78, 5) is 9.98. The Morgan fingerprint density at radius 3 is 2.94 bits per heavy atom. The molecule has 0 aliphatic rings. The van der Waals surface area contributed by atoms with Crippen LogP contribution in [-0.2, 0) is 6.54 Å². The van der Waals surface area contributed by atoms with E-state index in [1.807, 2.05) is 6.92 Å². The second-order valence-electron chi connectivity index (χ2n) is 3.19. The Morgan fingerprint density at radius 1 is 1.62 bits per heavy atom. The van der Waals surface area contributed by atoms with Crippen LogP contribution in [0.5, 0.6) is 0 Å². The lowest BCUT2D eigenvalue weighted by molar-refractivity contribution is -0.525. The molecule has 1 rings (SSSR count). The molecule has 1 aromatic rings. The first-order chi connectivity index (χ1) is 7.49. The first-order valence-electron chi connectivity index (χ1n) is 4.47. The van der Waals surface area contributed by atoms with Gasteiger partial charge < -0.3 is 5.32 Å². The average Bonchev–Trinajstić information content (AvgIpc) is 2.18. The molecule has 0 bridgehead atoms. The summed E-state index contributed by atoms with van der Waals surface area (Å²) >= 11 is 0. The van der Waals surface area contributed by atoms with E-state index in [0.29, 0.717) is 5.56 Å². The molecular weight excluding hydrogens is 215 g/mol. The van der Waals surface area contributed by atoms with Gasteiger partial charge in [-0.25, -0.2) is 14.5 Å². The van der Waals surface area contributed by atoms with Crippen molar-refractivity contribution in [2.75, 3.05) is 0 Å². The third kappa shape index (κ3) is 3.52. The number of halogens is 1. The van der Waals surface area contributed by atoms with E-state index >= 15 is 0 Å². The molecule has 1 aromatic carbocycles. The minimum atomic E-state index is -0.859. The zero-order chi connectivity index (χ0) is 12.1. The number of nitrogens with one attached hydrogen (secondary N) is 3. The summed E-state index contributed by atoms with van der Waals surface area (Å²) in [6, 6.07) is 4.55. The Balaban J connectivity index is 2.57. The fraction of sp³-hybridized carbons (Fsp3) is 0.222. The van der Waals surface area contributed by atoms with Crippen LogP contribution in [-0.4, -0.2) is 11.0 Å². The number of hydrazine groups is 1. The fourth-order valence-electron chi connectivity index (χ4n) is 1.15. The molecule has 0 aromatic heterocycles. The topological polar surface area (TPSA) is 91.1 Å². The third-order valence-corrected chi connectivity index (χ3v) is 1.86. The summed E-state index contributed by atoms with van der Waals surface area (Å²) in [6.45, 7) is 1.83. The molecule has 0 saturated heterocycles. The molecule has 0 saturated carbocycles. The highest BCUT2D eigenvalue weighted by Gasteiger charge is 2.05. The van der Waals surface area contributed by atoms with E-state index in [1.165, 1.54) is 6.07 Å². The summed E-state index contributed by atoms with van der Waals surface area (Å²) in [5.41, 5.74) is 2.86. The van der Waals surface area contributed by atoms with E-state index < -0.39 is 16.8 Å². The maximum absolute atomic E-state index is 13.2. The molecule has 0 radical (unpaired) electrons. The average molecular weight is 226 g/mol. The van der Waals surface area contributed by atoms with Crippen molar-refractivity contribution in [3.05, 3.63) is 45.3 Å². The van der Waals surface area contributed by atoms with E-state index in [2.05, 4.69) is 5.32 Å². The second-order valence-corrected chi connectivity index (χ2v) is 3.19.